The summed E-state index contributed by atoms with van der Waals surface area (Å²) in [6.45, 7) is 0. The Morgan fingerprint density at radius 1 is 1.56 bits per heavy atom. The molecule has 2 rings (SSSR count). The van der Waals surface area contributed by atoms with Crippen molar-refractivity contribution in [3.05, 3.63) is 30.2 Å². The van der Waals surface area contributed by atoms with Crippen molar-refractivity contribution >= 4 is 17.1 Å². The lowest BCUT2D eigenvalue weighted by Gasteiger charge is -2.05. The van der Waals surface area contributed by atoms with Gasteiger partial charge in [0.25, 0.3) is 0 Å². The van der Waals surface area contributed by atoms with Gasteiger partial charge in [-0.3, -0.25) is 4.79 Å². The number of carbonyl (C=O) groups is 1. The summed E-state index contributed by atoms with van der Waals surface area (Å²) in [7, 11) is 1.30. The summed E-state index contributed by atoms with van der Waals surface area (Å²) in [4.78, 5) is 15.3. The fourth-order valence-corrected chi connectivity index (χ4v) is 1.43. The Hall–Kier alpha value is -1.88. The van der Waals surface area contributed by atoms with Crippen LogP contribution in [0.25, 0.3) is 11.1 Å². The van der Waals surface area contributed by atoms with Crippen LogP contribution in [0.2, 0.25) is 0 Å². The third kappa shape index (κ3) is 2.04. The molecule has 16 heavy (non-hydrogen) atoms. The lowest BCUT2D eigenvalue weighted by atomic mass is 10.2. The number of nitrogens with zero attached hydrogens (tertiary/aromatic N) is 1. The topological polar surface area (TPSA) is 78.4 Å². The second kappa shape index (κ2) is 4.32. The van der Waals surface area contributed by atoms with E-state index in [-0.39, 0.29) is 6.42 Å². The monoisotopic (exact) mass is 220 g/mol. The van der Waals surface area contributed by atoms with Crippen LogP contribution < -0.4 is 5.73 Å². The molecule has 0 radical (unpaired) electrons. The molecule has 0 saturated carbocycles. The van der Waals surface area contributed by atoms with Crippen LogP contribution in [0.15, 0.2) is 28.7 Å². The number of ether oxygens (including phenoxy) is 1. The van der Waals surface area contributed by atoms with Crippen molar-refractivity contribution in [1.82, 2.24) is 4.98 Å². The lowest BCUT2D eigenvalue weighted by molar-refractivity contribution is -0.142. The Kier molecular flexibility index (Phi) is 2.87. The van der Waals surface area contributed by atoms with E-state index in [2.05, 4.69) is 9.72 Å². The summed E-state index contributed by atoms with van der Waals surface area (Å²) in [5.74, 6) is -0.0265. The summed E-state index contributed by atoms with van der Waals surface area (Å²) in [6.07, 6.45) is 0.237. The molecule has 0 aliphatic carbocycles. The summed E-state index contributed by atoms with van der Waals surface area (Å²) in [5.41, 5.74) is 7.06. The number of methoxy groups -OCH3 is 1. The maximum absolute atomic E-state index is 11.1. The van der Waals surface area contributed by atoms with Gasteiger partial charge in [-0.25, -0.2) is 4.98 Å². The van der Waals surface area contributed by atoms with E-state index in [1.807, 2.05) is 24.3 Å². The molecular formula is C11H12N2O3. The van der Waals surface area contributed by atoms with E-state index in [4.69, 9.17) is 10.2 Å². The maximum atomic E-state index is 11.1. The maximum Gasteiger partial charge on any atom is 0.323 e. The molecule has 2 aromatic rings. The van der Waals surface area contributed by atoms with Crippen molar-refractivity contribution < 1.29 is 13.9 Å². The summed E-state index contributed by atoms with van der Waals surface area (Å²) < 4.78 is 9.96. The van der Waals surface area contributed by atoms with Gasteiger partial charge in [0, 0.05) is 0 Å². The highest BCUT2D eigenvalue weighted by Crippen LogP contribution is 2.15. The van der Waals surface area contributed by atoms with E-state index in [1.54, 1.807) is 0 Å². The molecule has 0 aliphatic heterocycles. The van der Waals surface area contributed by atoms with E-state index >= 15 is 0 Å². The highest BCUT2D eigenvalue weighted by molar-refractivity contribution is 5.76. The van der Waals surface area contributed by atoms with E-state index in [1.165, 1.54) is 7.11 Å². The molecule has 1 aromatic heterocycles. The zero-order valence-corrected chi connectivity index (χ0v) is 8.84. The average Bonchev–Trinajstić information content (AvgIpc) is 2.69. The summed E-state index contributed by atoms with van der Waals surface area (Å²) in [6, 6.07) is 6.64. The number of benzene rings is 1. The van der Waals surface area contributed by atoms with Gasteiger partial charge in [0.1, 0.15) is 11.6 Å². The fraction of sp³-hybridized carbons (Fsp3) is 0.273. The molecule has 0 amide bonds. The van der Waals surface area contributed by atoms with Crippen LogP contribution in [0.3, 0.4) is 0 Å². The number of aromatic nitrogens is 1. The van der Waals surface area contributed by atoms with Crippen molar-refractivity contribution in [1.29, 1.82) is 0 Å². The van der Waals surface area contributed by atoms with Gasteiger partial charge in [0.15, 0.2) is 11.5 Å². The van der Waals surface area contributed by atoms with Crippen LogP contribution in [0.5, 0.6) is 0 Å². The van der Waals surface area contributed by atoms with Gasteiger partial charge >= 0.3 is 5.97 Å². The van der Waals surface area contributed by atoms with Crippen LogP contribution in [0, 0.1) is 0 Å². The van der Waals surface area contributed by atoms with Crippen LogP contribution in [0.4, 0.5) is 0 Å². The molecule has 0 saturated heterocycles. The molecule has 0 fully saturated rings. The quantitative estimate of drug-likeness (QED) is 0.776. The fourth-order valence-electron chi connectivity index (χ4n) is 1.43. The number of carbonyl (C=O) groups excluding carboxylic acids is 1. The summed E-state index contributed by atoms with van der Waals surface area (Å²) >= 11 is 0. The van der Waals surface area contributed by atoms with Crippen LogP contribution in [-0.2, 0) is 16.0 Å². The molecule has 5 heteroatoms. The average molecular weight is 220 g/mol. The number of fused-ring (bicyclic) bond motifs is 1. The molecule has 1 heterocycles. The molecule has 1 atom stereocenters. The van der Waals surface area contributed by atoms with Crippen molar-refractivity contribution in [3.8, 4) is 0 Å². The Morgan fingerprint density at radius 2 is 2.31 bits per heavy atom. The molecule has 1 aromatic carbocycles. The SMILES string of the molecule is COC(=O)C(N)Cc1nc2ccccc2o1. The van der Waals surface area contributed by atoms with Crippen molar-refractivity contribution in [3.63, 3.8) is 0 Å². The molecule has 5 nitrogen and oxygen atoms in total. The van der Waals surface area contributed by atoms with E-state index in [9.17, 15) is 4.79 Å². The number of hydrogen-bond donors (Lipinski definition) is 1. The lowest BCUT2D eigenvalue weighted by Crippen LogP contribution is -2.33. The minimum atomic E-state index is -0.738. The van der Waals surface area contributed by atoms with E-state index in [0.29, 0.717) is 11.5 Å². The van der Waals surface area contributed by atoms with Gasteiger partial charge in [-0.15, -0.1) is 0 Å². The van der Waals surface area contributed by atoms with Crippen LogP contribution in [-0.4, -0.2) is 24.1 Å². The van der Waals surface area contributed by atoms with Crippen LogP contribution in [0.1, 0.15) is 5.89 Å². The smallest absolute Gasteiger partial charge is 0.323 e. The number of rotatable bonds is 3. The van der Waals surface area contributed by atoms with Crippen molar-refractivity contribution in [2.24, 2.45) is 5.73 Å². The summed E-state index contributed by atoms with van der Waals surface area (Å²) in [5, 5.41) is 0. The zero-order valence-electron chi connectivity index (χ0n) is 8.84. The first-order valence-electron chi connectivity index (χ1n) is 4.88. The molecule has 84 valence electrons. The standard InChI is InChI=1S/C11H12N2O3/c1-15-11(14)7(12)6-10-13-8-4-2-3-5-9(8)16-10/h2-5,7H,6,12H2,1H3. The first kappa shape index (κ1) is 10.6. The number of esters is 1. The van der Waals surface area contributed by atoms with Crippen molar-refractivity contribution in [2.75, 3.05) is 7.11 Å². The number of oxazole rings is 1. The Bertz CT molecular complexity index is 474. The van der Waals surface area contributed by atoms with Gasteiger partial charge in [0.05, 0.1) is 13.5 Å². The first-order chi connectivity index (χ1) is 7.70. The van der Waals surface area contributed by atoms with Gasteiger partial charge < -0.3 is 14.9 Å². The third-order valence-corrected chi connectivity index (χ3v) is 2.24. The first-order valence-corrected chi connectivity index (χ1v) is 4.88. The molecule has 0 spiro atoms. The number of hydrogen-bond acceptors (Lipinski definition) is 5. The molecular weight excluding hydrogens is 208 g/mol. The Morgan fingerprint density at radius 3 is 3.00 bits per heavy atom. The Balaban J connectivity index is 2.18. The number of para-hydroxylation sites is 2. The van der Waals surface area contributed by atoms with Gasteiger partial charge in [-0.2, -0.15) is 0 Å². The van der Waals surface area contributed by atoms with Gasteiger partial charge in [0.2, 0.25) is 0 Å². The third-order valence-electron chi connectivity index (χ3n) is 2.24. The second-order valence-electron chi connectivity index (χ2n) is 3.41. The molecule has 2 N–H and O–H groups in total. The van der Waals surface area contributed by atoms with Crippen molar-refractivity contribution in [2.45, 2.75) is 12.5 Å². The largest absolute Gasteiger partial charge is 0.468 e. The van der Waals surface area contributed by atoms with Gasteiger partial charge in [-0.05, 0) is 12.1 Å². The van der Waals surface area contributed by atoms with E-state index < -0.39 is 12.0 Å². The van der Waals surface area contributed by atoms with E-state index in [0.717, 1.165) is 5.52 Å². The predicted molar refractivity (Wildman–Crippen MR) is 57.7 cm³/mol. The number of nitrogens with two attached hydrogens (primary N) is 1. The molecule has 0 aliphatic rings. The minimum absolute atomic E-state index is 0.237. The normalized spacial score (nSPS) is 12.6. The molecule has 0 bridgehead atoms. The minimum Gasteiger partial charge on any atom is -0.468 e. The zero-order chi connectivity index (χ0) is 11.5. The predicted octanol–water partition coefficient (Wildman–Crippen LogP) is 0.871. The molecule has 1 unspecified atom stereocenters. The van der Waals surface area contributed by atoms with Gasteiger partial charge in [-0.1, -0.05) is 12.1 Å². The Labute approximate surface area is 92.2 Å². The van der Waals surface area contributed by atoms with Crippen LogP contribution >= 0.6 is 0 Å². The second-order valence-corrected chi connectivity index (χ2v) is 3.41. The highest BCUT2D eigenvalue weighted by Gasteiger charge is 2.17. The highest BCUT2D eigenvalue weighted by atomic mass is 16.5.